The van der Waals surface area contributed by atoms with Gasteiger partial charge in [0.2, 0.25) is 5.95 Å². The van der Waals surface area contributed by atoms with Gasteiger partial charge >= 0.3 is 0 Å². The maximum absolute atomic E-state index is 6.01. The van der Waals surface area contributed by atoms with E-state index in [9.17, 15) is 0 Å². The molecule has 0 unspecified atom stereocenters. The Morgan fingerprint density at radius 2 is 1.81 bits per heavy atom. The number of nitrogens with zero attached hydrogens (tertiary/aromatic N) is 4. The number of ether oxygens (including phenoxy) is 1. The molecule has 1 atom stereocenters. The van der Waals surface area contributed by atoms with Crippen LogP contribution in [0.5, 0.6) is 0 Å². The summed E-state index contributed by atoms with van der Waals surface area (Å²) in [4.78, 5) is 11.6. The third-order valence-corrected chi connectivity index (χ3v) is 4.91. The largest absolute Gasteiger partial charge is 0.378 e. The van der Waals surface area contributed by atoms with Gasteiger partial charge in [-0.25, -0.2) is 9.98 Å². The second kappa shape index (κ2) is 6.03. The number of nitrogens with two attached hydrogens (primary N) is 1. The summed E-state index contributed by atoms with van der Waals surface area (Å²) in [6.45, 7) is 3.41. The van der Waals surface area contributed by atoms with Gasteiger partial charge in [0.05, 0.1) is 24.2 Å². The molecule has 2 aromatic carbocycles. The van der Waals surface area contributed by atoms with E-state index in [0.29, 0.717) is 5.96 Å². The third kappa shape index (κ3) is 2.48. The second-order valence-corrected chi connectivity index (χ2v) is 6.50. The fraction of sp³-hybridized carbons (Fsp3) is 0.263. The molecular formula is C19H20N6O. The van der Waals surface area contributed by atoms with Crippen LogP contribution in [0.15, 0.2) is 53.5 Å². The summed E-state index contributed by atoms with van der Waals surface area (Å²) in [6.07, 6.45) is -0.225. The number of hydrogen-bond acceptors (Lipinski definition) is 6. The Bertz CT molecular complexity index is 971. The molecule has 1 aromatic heterocycles. The fourth-order valence-electron chi connectivity index (χ4n) is 3.62. The molecule has 132 valence electrons. The molecule has 0 saturated carbocycles. The van der Waals surface area contributed by atoms with Crippen LogP contribution in [-0.4, -0.2) is 41.8 Å². The lowest BCUT2D eigenvalue weighted by Crippen LogP contribution is -2.36. The van der Waals surface area contributed by atoms with E-state index in [1.165, 1.54) is 5.69 Å². The van der Waals surface area contributed by atoms with Crippen molar-refractivity contribution in [2.45, 2.75) is 6.17 Å². The number of nitrogens with one attached hydrogen (secondary N) is 1. The summed E-state index contributed by atoms with van der Waals surface area (Å²) in [5, 5.41) is 3.07. The van der Waals surface area contributed by atoms with E-state index in [-0.39, 0.29) is 6.17 Å². The minimum Gasteiger partial charge on any atom is -0.378 e. The molecule has 5 rings (SSSR count). The molecule has 7 nitrogen and oxygen atoms in total. The number of para-hydroxylation sites is 2. The number of morpholine rings is 1. The monoisotopic (exact) mass is 348 g/mol. The molecule has 0 amide bonds. The van der Waals surface area contributed by atoms with Crippen molar-refractivity contribution in [1.82, 2.24) is 9.55 Å². The molecule has 1 saturated heterocycles. The summed E-state index contributed by atoms with van der Waals surface area (Å²) in [5.74, 6) is 1.11. The topological polar surface area (TPSA) is 80.7 Å². The van der Waals surface area contributed by atoms with E-state index in [0.717, 1.165) is 48.8 Å². The molecular weight excluding hydrogens is 328 g/mol. The minimum absolute atomic E-state index is 0.225. The number of aliphatic imine (C=N–C) groups is 1. The lowest BCUT2D eigenvalue weighted by molar-refractivity contribution is 0.122. The number of benzene rings is 2. The van der Waals surface area contributed by atoms with E-state index in [1.54, 1.807) is 0 Å². The van der Waals surface area contributed by atoms with Crippen molar-refractivity contribution in [3.05, 3.63) is 54.1 Å². The fourth-order valence-corrected chi connectivity index (χ4v) is 3.62. The molecule has 0 aliphatic carbocycles. The van der Waals surface area contributed by atoms with E-state index in [2.05, 4.69) is 55.1 Å². The molecule has 7 heteroatoms. The summed E-state index contributed by atoms with van der Waals surface area (Å²) in [5.41, 5.74) is 10.3. The highest BCUT2D eigenvalue weighted by Crippen LogP contribution is 2.33. The van der Waals surface area contributed by atoms with E-state index in [4.69, 9.17) is 10.5 Å². The Hall–Kier alpha value is -3.06. The molecule has 3 heterocycles. The Morgan fingerprint density at radius 3 is 2.62 bits per heavy atom. The molecule has 2 aliphatic heterocycles. The van der Waals surface area contributed by atoms with Gasteiger partial charge in [-0.15, -0.1) is 0 Å². The lowest BCUT2D eigenvalue weighted by atomic mass is 10.1. The van der Waals surface area contributed by atoms with Crippen LogP contribution >= 0.6 is 0 Å². The van der Waals surface area contributed by atoms with Gasteiger partial charge in [-0.2, -0.15) is 0 Å². The zero-order chi connectivity index (χ0) is 17.5. The zero-order valence-electron chi connectivity index (χ0n) is 14.3. The molecule has 1 fully saturated rings. The van der Waals surface area contributed by atoms with Crippen LogP contribution in [-0.2, 0) is 4.74 Å². The first kappa shape index (κ1) is 15.2. The number of fused-ring (bicyclic) bond motifs is 3. The maximum atomic E-state index is 6.01. The average molecular weight is 348 g/mol. The molecule has 0 bridgehead atoms. The maximum Gasteiger partial charge on any atom is 0.212 e. The summed E-state index contributed by atoms with van der Waals surface area (Å²) >= 11 is 0. The Kier molecular flexibility index (Phi) is 3.53. The van der Waals surface area contributed by atoms with Crippen LogP contribution in [0.4, 0.5) is 11.6 Å². The highest BCUT2D eigenvalue weighted by molar-refractivity contribution is 5.94. The SMILES string of the molecule is NC1=N[C@@H](c2ccc(N3CCOCC3)cc2)n2c(nc3ccccc32)N1. The van der Waals surface area contributed by atoms with Crippen molar-refractivity contribution in [1.29, 1.82) is 0 Å². The van der Waals surface area contributed by atoms with Crippen LogP contribution in [0.2, 0.25) is 0 Å². The van der Waals surface area contributed by atoms with Crippen molar-refractivity contribution in [2.75, 3.05) is 36.5 Å². The molecule has 2 aliphatic rings. The predicted octanol–water partition coefficient (Wildman–Crippen LogP) is 2.16. The summed E-state index contributed by atoms with van der Waals surface area (Å²) in [6, 6.07) is 16.6. The van der Waals surface area contributed by atoms with Crippen molar-refractivity contribution in [2.24, 2.45) is 10.7 Å². The second-order valence-electron chi connectivity index (χ2n) is 6.50. The van der Waals surface area contributed by atoms with Gasteiger partial charge in [0.1, 0.15) is 0 Å². The van der Waals surface area contributed by atoms with Crippen molar-refractivity contribution < 1.29 is 4.74 Å². The van der Waals surface area contributed by atoms with E-state index < -0.39 is 0 Å². The standard InChI is InChI=1S/C19H20N6O/c20-18-22-17(25-16-4-2-1-3-15(16)21-19(25)23-18)13-5-7-14(8-6-13)24-9-11-26-12-10-24/h1-8,17H,9-12H2,(H3,20,21,22,23)/t17-/m1/s1. The first-order chi connectivity index (χ1) is 12.8. The normalized spacial score (nSPS) is 19.8. The van der Waals surface area contributed by atoms with Gasteiger partial charge < -0.3 is 15.4 Å². The number of imidazole rings is 1. The number of rotatable bonds is 2. The molecule has 3 N–H and O–H groups in total. The Morgan fingerprint density at radius 1 is 1.04 bits per heavy atom. The van der Waals surface area contributed by atoms with Gasteiger partial charge in [-0.1, -0.05) is 24.3 Å². The van der Waals surface area contributed by atoms with Crippen molar-refractivity contribution >= 4 is 28.6 Å². The van der Waals surface area contributed by atoms with Crippen molar-refractivity contribution in [3.8, 4) is 0 Å². The minimum atomic E-state index is -0.225. The van der Waals surface area contributed by atoms with Crippen LogP contribution in [0.3, 0.4) is 0 Å². The smallest absolute Gasteiger partial charge is 0.212 e. The van der Waals surface area contributed by atoms with E-state index in [1.807, 2.05) is 18.2 Å². The molecule has 26 heavy (non-hydrogen) atoms. The quantitative estimate of drug-likeness (QED) is 0.742. The predicted molar refractivity (Wildman–Crippen MR) is 103 cm³/mol. The number of guanidine groups is 1. The zero-order valence-corrected chi connectivity index (χ0v) is 14.3. The molecule has 0 radical (unpaired) electrons. The number of aromatic nitrogens is 2. The van der Waals surface area contributed by atoms with Gasteiger partial charge in [0.25, 0.3) is 0 Å². The Balaban J connectivity index is 1.54. The third-order valence-electron chi connectivity index (χ3n) is 4.91. The highest BCUT2D eigenvalue weighted by atomic mass is 16.5. The molecule has 3 aromatic rings. The lowest BCUT2D eigenvalue weighted by Gasteiger charge is -2.29. The van der Waals surface area contributed by atoms with Crippen LogP contribution in [0.25, 0.3) is 11.0 Å². The Labute approximate surface area is 151 Å². The van der Waals surface area contributed by atoms with Gasteiger partial charge in [-0.05, 0) is 29.8 Å². The summed E-state index contributed by atoms with van der Waals surface area (Å²) in [7, 11) is 0. The van der Waals surface area contributed by atoms with Gasteiger partial charge in [0, 0.05) is 18.8 Å². The number of anilines is 2. The molecule has 0 spiro atoms. The first-order valence-electron chi connectivity index (χ1n) is 8.79. The van der Waals surface area contributed by atoms with Gasteiger partial charge in [0.15, 0.2) is 12.1 Å². The van der Waals surface area contributed by atoms with Crippen LogP contribution in [0.1, 0.15) is 11.7 Å². The van der Waals surface area contributed by atoms with Crippen LogP contribution < -0.4 is 16.0 Å². The van der Waals surface area contributed by atoms with E-state index >= 15 is 0 Å². The van der Waals surface area contributed by atoms with Crippen molar-refractivity contribution in [3.63, 3.8) is 0 Å². The van der Waals surface area contributed by atoms with Crippen LogP contribution in [0, 0.1) is 0 Å². The average Bonchev–Trinajstić information content (AvgIpc) is 3.06. The summed E-state index contributed by atoms with van der Waals surface area (Å²) < 4.78 is 7.53. The van der Waals surface area contributed by atoms with Gasteiger partial charge in [-0.3, -0.25) is 9.88 Å². The first-order valence-corrected chi connectivity index (χ1v) is 8.79. The highest BCUT2D eigenvalue weighted by Gasteiger charge is 2.25. The number of hydrogen-bond donors (Lipinski definition) is 2.